The number of nitrogens with zero attached hydrogens (tertiary/aromatic N) is 3. The first-order chi connectivity index (χ1) is 16.0. The van der Waals surface area contributed by atoms with Crippen LogP contribution in [0.15, 0.2) is 67.3 Å². The number of hydrogen-bond acceptors (Lipinski definition) is 7. The summed E-state index contributed by atoms with van der Waals surface area (Å²) in [7, 11) is 1.85. The second kappa shape index (κ2) is 10.1. The average Bonchev–Trinajstić information content (AvgIpc) is 3.37. The molecule has 0 radical (unpaired) electrons. The highest BCUT2D eigenvalue weighted by Gasteiger charge is 2.24. The van der Waals surface area contributed by atoms with Gasteiger partial charge in [-0.3, -0.25) is 14.4 Å². The lowest BCUT2D eigenvalue weighted by molar-refractivity contribution is 0.0522. The van der Waals surface area contributed by atoms with E-state index in [1.54, 1.807) is 28.4 Å². The van der Waals surface area contributed by atoms with Crippen LogP contribution in [0.3, 0.4) is 0 Å². The highest BCUT2D eigenvalue weighted by atomic mass is 16.7. The van der Waals surface area contributed by atoms with Crippen LogP contribution in [0.25, 0.3) is 5.69 Å². The van der Waals surface area contributed by atoms with Crippen molar-refractivity contribution < 1.29 is 14.4 Å². The third kappa shape index (κ3) is 5.83. The molecule has 0 bridgehead atoms. The van der Waals surface area contributed by atoms with Gasteiger partial charge in [0.1, 0.15) is 19.2 Å². The molecule has 4 N–H and O–H groups in total. The lowest BCUT2D eigenvalue weighted by Crippen LogP contribution is -2.25. The Morgan fingerprint density at radius 3 is 2.70 bits per heavy atom. The predicted octanol–water partition coefficient (Wildman–Crippen LogP) is 3.07. The van der Waals surface area contributed by atoms with Gasteiger partial charge in [0.05, 0.1) is 11.9 Å². The fraction of sp³-hybridized carbons (Fsp3) is 0.250. The van der Waals surface area contributed by atoms with Crippen LogP contribution in [0.4, 0.5) is 5.82 Å². The van der Waals surface area contributed by atoms with Gasteiger partial charge in [-0.2, -0.15) is 0 Å². The van der Waals surface area contributed by atoms with E-state index in [-0.39, 0.29) is 5.91 Å². The molecule has 9 nitrogen and oxygen atoms in total. The van der Waals surface area contributed by atoms with E-state index >= 15 is 0 Å². The summed E-state index contributed by atoms with van der Waals surface area (Å²) in [5.74, 6) is 0.734. The molecule has 3 aromatic rings. The van der Waals surface area contributed by atoms with Gasteiger partial charge < -0.3 is 20.6 Å². The molecule has 1 aliphatic carbocycles. The summed E-state index contributed by atoms with van der Waals surface area (Å²) in [6, 6.07) is 15.8. The molecule has 33 heavy (non-hydrogen) atoms. The lowest BCUT2D eigenvalue weighted by atomic mass is 10.1. The van der Waals surface area contributed by atoms with E-state index in [1.165, 1.54) is 0 Å². The summed E-state index contributed by atoms with van der Waals surface area (Å²) in [6.45, 7) is 2.37. The SMILES string of the molecule is CN1C=CON1.Cc1ccc(C(=O)NC2CC2)cc1-n1cnc(OCc2ccccc2)c1N. The molecular weight excluding hydrogens is 420 g/mol. The number of hydrogen-bond donors (Lipinski definition) is 3. The molecule has 0 unspecified atom stereocenters. The number of imidazole rings is 1. The number of anilines is 1. The number of ether oxygens (including phenoxy) is 1. The molecule has 0 spiro atoms. The molecule has 1 aliphatic heterocycles. The fourth-order valence-electron chi connectivity index (χ4n) is 3.14. The van der Waals surface area contributed by atoms with Gasteiger partial charge in [0.2, 0.25) is 0 Å². The molecular formula is C24H28N6O3. The predicted molar refractivity (Wildman–Crippen MR) is 125 cm³/mol. The summed E-state index contributed by atoms with van der Waals surface area (Å²) in [6.07, 6.45) is 7.09. The molecule has 1 saturated carbocycles. The van der Waals surface area contributed by atoms with Crippen LogP contribution in [0.5, 0.6) is 5.88 Å². The number of carbonyl (C=O) groups is 1. The second-order valence-corrected chi connectivity index (χ2v) is 7.93. The van der Waals surface area contributed by atoms with E-state index in [1.807, 2.05) is 62.5 Å². The van der Waals surface area contributed by atoms with Crippen LogP contribution >= 0.6 is 0 Å². The molecule has 1 amide bonds. The summed E-state index contributed by atoms with van der Waals surface area (Å²) >= 11 is 0. The number of nitrogen functional groups attached to an aromatic ring is 1. The lowest BCUT2D eigenvalue weighted by Gasteiger charge is -2.12. The van der Waals surface area contributed by atoms with Crippen LogP contribution < -0.4 is 21.4 Å². The number of nitrogens with two attached hydrogens (primary N) is 1. The van der Waals surface area contributed by atoms with Gasteiger partial charge in [0.25, 0.3) is 11.8 Å². The van der Waals surface area contributed by atoms with Gasteiger partial charge in [-0.1, -0.05) is 42.0 Å². The summed E-state index contributed by atoms with van der Waals surface area (Å²) < 4.78 is 7.52. The molecule has 5 rings (SSSR count). The zero-order chi connectivity index (χ0) is 23.2. The zero-order valence-electron chi connectivity index (χ0n) is 18.7. The Morgan fingerprint density at radius 1 is 1.27 bits per heavy atom. The molecule has 2 heterocycles. The maximum Gasteiger partial charge on any atom is 0.257 e. The molecule has 172 valence electrons. The monoisotopic (exact) mass is 448 g/mol. The molecule has 2 aliphatic rings. The first kappa shape index (κ1) is 22.2. The van der Waals surface area contributed by atoms with Crippen LogP contribution in [0.2, 0.25) is 0 Å². The normalized spacial score (nSPS) is 14.3. The van der Waals surface area contributed by atoms with Crippen molar-refractivity contribution >= 4 is 11.7 Å². The first-order valence-corrected chi connectivity index (χ1v) is 10.7. The molecule has 0 atom stereocenters. The highest BCUT2D eigenvalue weighted by molar-refractivity contribution is 5.95. The Morgan fingerprint density at radius 2 is 2.06 bits per heavy atom. The molecule has 0 saturated heterocycles. The van der Waals surface area contributed by atoms with Crippen molar-refractivity contribution in [2.75, 3.05) is 12.8 Å². The maximum absolute atomic E-state index is 12.3. The summed E-state index contributed by atoms with van der Waals surface area (Å²) in [5, 5.41) is 4.72. The third-order valence-corrected chi connectivity index (χ3v) is 5.18. The Hall–Kier alpha value is -3.98. The van der Waals surface area contributed by atoms with Crippen LogP contribution in [-0.4, -0.2) is 33.6 Å². The van der Waals surface area contributed by atoms with Crippen molar-refractivity contribution in [1.29, 1.82) is 0 Å². The highest BCUT2D eigenvalue weighted by Crippen LogP contribution is 2.27. The van der Waals surface area contributed by atoms with Crippen LogP contribution in [0.1, 0.15) is 34.3 Å². The molecule has 1 fully saturated rings. The van der Waals surface area contributed by atoms with Crippen molar-refractivity contribution in [3.05, 3.63) is 84.0 Å². The third-order valence-electron chi connectivity index (χ3n) is 5.18. The van der Waals surface area contributed by atoms with Gasteiger partial charge in [0.15, 0.2) is 5.82 Å². The van der Waals surface area contributed by atoms with E-state index < -0.39 is 0 Å². The number of amides is 1. The molecule has 9 heteroatoms. The first-order valence-electron chi connectivity index (χ1n) is 10.7. The fourth-order valence-corrected chi connectivity index (χ4v) is 3.14. The number of aromatic nitrogens is 2. The van der Waals surface area contributed by atoms with Crippen molar-refractivity contribution in [3.63, 3.8) is 0 Å². The van der Waals surface area contributed by atoms with E-state index in [9.17, 15) is 4.79 Å². The Labute approximate surface area is 192 Å². The Kier molecular flexibility index (Phi) is 6.80. The van der Waals surface area contributed by atoms with E-state index in [4.69, 9.17) is 10.5 Å². The number of carbonyl (C=O) groups excluding carboxylic acids is 1. The minimum atomic E-state index is -0.0574. The molecule has 2 aromatic carbocycles. The van der Waals surface area contributed by atoms with Crippen molar-refractivity contribution in [1.82, 2.24) is 25.5 Å². The average molecular weight is 449 g/mol. The van der Waals surface area contributed by atoms with E-state index in [0.29, 0.717) is 29.9 Å². The Bertz CT molecular complexity index is 1120. The van der Waals surface area contributed by atoms with Crippen molar-refractivity contribution in [2.24, 2.45) is 0 Å². The van der Waals surface area contributed by atoms with Crippen molar-refractivity contribution in [2.45, 2.75) is 32.4 Å². The topological polar surface area (TPSA) is 107 Å². The maximum atomic E-state index is 12.3. The van der Waals surface area contributed by atoms with E-state index in [2.05, 4.69) is 20.7 Å². The quantitative estimate of drug-likeness (QED) is 0.532. The van der Waals surface area contributed by atoms with Crippen LogP contribution in [0, 0.1) is 6.92 Å². The number of hydrazine groups is 1. The van der Waals surface area contributed by atoms with Gasteiger partial charge in [-0.15, -0.1) is 0 Å². The van der Waals surface area contributed by atoms with Gasteiger partial charge >= 0.3 is 0 Å². The van der Waals surface area contributed by atoms with Gasteiger partial charge in [-0.05, 0) is 43.0 Å². The minimum Gasteiger partial charge on any atom is -0.470 e. The van der Waals surface area contributed by atoms with Gasteiger partial charge in [-0.25, -0.2) is 4.98 Å². The number of aryl methyl sites for hydroxylation is 1. The largest absolute Gasteiger partial charge is 0.470 e. The number of rotatable bonds is 6. The Balaban J connectivity index is 0.000000376. The van der Waals surface area contributed by atoms with Gasteiger partial charge in [0, 0.05) is 18.7 Å². The number of benzene rings is 2. The smallest absolute Gasteiger partial charge is 0.257 e. The van der Waals surface area contributed by atoms with E-state index in [0.717, 1.165) is 29.7 Å². The van der Waals surface area contributed by atoms with Crippen LogP contribution in [-0.2, 0) is 11.4 Å². The molecule has 1 aromatic heterocycles. The minimum absolute atomic E-state index is 0.0574. The summed E-state index contributed by atoms with van der Waals surface area (Å²) in [5.41, 5.74) is 12.3. The van der Waals surface area contributed by atoms with Crippen molar-refractivity contribution in [3.8, 4) is 11.6 Å². The summed E-state index contributed by atoms with van der Waals surface area (Å²) in [4.78, 5) is 21.2. The zero-order valence-corrected chi connectivity index (χ0v) is 18.7. The number of nitrogens with one attached hydrogen (secondary N) is 2. The standard InChI is InChI=1S/C21H22N4O2.C3H6N2O/c1-14-7-8-16(20(26)24-17-9-10-17)11-18(14)25-13-23-21(19(25)22)27-12-15-5-3-2-4-6-15;1-5-2-3-6-4-5/h2-8,11,13,17H,9-10,12,22H2,1H3,(H,24,26);2-4H,1H3. The second-order valence-electron chi connectivity index (χ2n) is 7.93.